The lowest BCUT2D eigenvalue weighted by Gasteiger charge is -2.42. The van der Waals surface area contributed by atoms with Gasteiger partial charge in [0.25, 0.3) is 0 Å². The Balaban J connectivity index is 1.57. The standard InChI is InChI=1S/C21H23NO3/c1-12-7-15-8-14-5-6-22-11-17-13(3-4-19(23)21(17)24-2)9-18(22)16(14)10-20(15)25-12/h3-4,8,10,12,18,23H,5-7,9,11H2,1-2H3. The van der Waals surface area contributed by atoms with Gasteiger partial charge in [-0.1, -0.05) is 12.1 Å². The van der Waals surface area contributed by atoms with Crippen molar-refractivity contribution in [1.29, 1.82) is 0 Å². The molecule has 2 unspecified atom stereocenters. The predicted octanol–water partition coefficient (Wildman–Crippen LogP) is 3.38. The molecule has 0 aromatic heterocycles. The molecule has 2 aromatic carbocycles. The third-order valence-electron chi connectivity index (χ3n) is 5.94. The van der Waals surface area contributed by atoms with E-state index in [-0.39, 0.29) is 11.9 Å². The van der Waals surface area contributed by atoms with Gasteiger partial charge in [-0.05, 0) is 54.2 Å². The topological polar surface area (TPSA) is 41.9 Å². The summed E-state index contributed by atoms with van der Waals surface area (Å²) in [5.74, 6) is 1.94. The molecule has 0 saturated heterocycles. The number of fused-ring (bicyclic) bond motifs is 5. The van der Waals surface area contributed by atoms with Crippen LogP contribution in [0.1, 0.15) is 40.8 Å². The van der Waals surface area contributed by atoms with Crippen LogP contribution in [0.2, 0.25) is 0 Å². The van der Waals surface area contributed by atoms with Crippen molar-refractivity contribution in [2.75, 3.05) is 13.7 Å². The Labute approximate surface area is 148 Å². The third-order valence-corrected chi connectivity index (χ3v) is 5.94. The van der Waals surface area contributed by atoms with Crippen LogP contribution in [0.25, 0.3) is 0 Å². The summed E-state index contributed by atoms with van der Waals surface area (Å²) in [7, 11) is 1.63. The maximum atomic E-state index is 10.1. The fourth-order valence-corrected chi connectivity index (χ4v) is 4.76. The zero-order valence-corrected chi connectivity index (χ0v) is 14.7. The Morgan fingerprint density at radius 2 is 2.04 bits per heavy atom. The van der Waals surface area contributed by atoms with Crippen molar-refractivity contribution in [3.8, 4) is 17.2 Å². The number of nitrogens with zero attached hydrogens (tertiary/aromatic N) is 1. The highest BCUT2D eigenvalue weighted by Gasteiger charge is 2.35. The molecule has 2 atom stereocenters. The average molecular weight is 337 g/mol. The van der Waals surface area contributed by atoms with Gasteiger partial charge in [0.2, 0.25) is 0 Å². The van der Waals surface area contributed by atoms with Crippen LogP contribution in [0.3, 0.4) is 0 Å². The fraction of sp³-hybridized carbons (Fsp3) is 0.429. The molecule has 0 spiro atoms. The van der Waals surface area contributed by atoms with Crippen molar-refractivity contribution in [2.45, 2.75) is 44.9 Å². The van der Waals surface area contributed by atoms with Crippen LogP contribution in [-0.2, 0) is 25.8 Å². The van der Waals surface area contributed by atoms with Gasteiger partial charge >= 0.3 is 0 Å². The quantitative estimate of drug-likeness (QED) is 0.866. The predicted molar refractivity (Wildman–Crippen MR) is 95.5 cm³/mol. The van der Waals surface area contributed by atoms with Crippen molar-refractivity contribution in [1.82, 2.24) is 4.90 Å². The zero-order chi connectivity index (χ0) is 17.1. The monoisotopic (exact) mass is 337 g/mol. The molecule has 0 radical (unpaired) electrons. The first-order chi connectivity index (χ1) is 12.1. The van der Waals surface area contributed by atoms with Crippen LogP contribution in [0.4, 0.5) is 0 Å². The second-order valence-corrected chi connectivity index (χ2v) is 7.49. The van der Waals surface area contributed by atoms with E-state index in [1.54, 1.807) is 13.2 Å². The van der Waals surface area contributed by atoms with E-state index < -0.39 is 0 Å². The summed E-state index contributed by atoms with van der Waals surface area (Å²) in [6, 6.07) is 8.84. The summed E-state index contributed by atoms with van der Waals surface area (Å²) < 4.78 is 11.5. The van der Waals surface area contributed by atoms with Crippen LogP contribution in [0, 0.1) is 0 Å². The van der Waals surface area contributed by atoms with Crippen molar-refractivity contribution in [2.24, 2.45) is 0 Å². The van der Waals surface area contributed by atoms with Crippen LogP contribution >= 0.6 is 0 Å². The lowest BCUT2D eigenvalue weighted by atomic mass is 9.83. The Hall–Kier alpha value is -2.20. The summed E-state index contributed by atoms with van der Waals surface area (Å²) >= 11 is 0. The summed E-state index contributed by atoms with van der Waals surface area (Å²) in [6.07, 6.45) is 3.34. The van der Waals surface area contributed by atoms with E-state index in [0.717, 1.165) is 43.7 Å². The molecule has 0 bridgehead atoms. The summed E-state index contributed by atoms with van der Waals surface area (Å²) in [5.41, 5.74) is 6.66. The van der Waals surface area contributed by atoms with Gasteiger partial charge in [-0.25, -0.2) is 0 Å². The Morgan fingerprint density at radius 3 is 2.88 bits per heavy atom. The summed E-state index contributed by atoms with van der Waals surface area (Å²) in [4.78, 5) is 2.51. The molecule has 2 aromatic rings. The minimum Gasteiger partial charge on any atom is -0.504 e. The van der Waals surface area contributed by atoms with Crippen LogP contribution < -0.4 is 9.47 Å². The van der Waals surface area contributed by atoms with Crippen LogP contribution in [-0.4, -0.2) is 29.8 Å². The molecular weight excluding hydrogens is 314 g/mol. The van der Waals surface area contributed by atoms with E-state index in [4.69, 9.17) is 9.47 Å². The van der Waals surface area contributed by atoms with Crippen molar-refractivity contribution >= 4 is 0 Å². The third kappa shape index (κ3) is 2.24. The van der Waals surface area contributed by atoms with E-state index >= 15 is 0 Å². The second-order valence-electron chi connectivity index (χ2n) is 7.49. The van der Waals surface area contributed by atoms with E-state index in [9.17, 15) is 5.11 Å². The van der Waals surface area contributed by atoms with Gasteiger partial charge in [0.1, 0.15) is 11.9 Å². The molecule has 3 aliphatic heterocycles. The minimum atomic E-state index is 0.234. The van der Waals surface area contributed by atoms with Crippen LogP contribution in [0.15, 0.2) is 24.3 Å². The molecule has 0 aliphatic carbocycles. The van der Waals surface area contributed by atoms with Gasteiger partial charge in [-0.15, -0.1) is 0 Å². The second kappa shape index (κ2) is 5.40. The van der Waals surface area contributed by atoms with Gasteiger partial charge in [-0.2, -0.15) is 0 Å². The smallest absolute Gasteiger partial charge is 0.165 e. The maximum absolute atomic E-state index is 10.1. The average Bonchev–Trinajstić information content (AvgIpc) is 2.97. The number of aromatic hydroxyl groups is 1. The molecule has 3 heterocycles. The molecule has 5 rings (SSSR count). The van der Waals surface area contributed by atoms with E-state index in [1.807, 2.05) is 6.07 Å². The molecule has 0 saturated carbocycles. The normalized spacial score (nSPS) is 23.9. The molecule has 3 aliphatic rings. The Morgan fingerprint density at radius 1 is 1.16 bits per heavy atom. The number of methoxy groups -OCH3 is 1. The molecule has 4 nitrogen and oxygen atoms in total. The lowest BCUT2D eigenvalue weighted by Crippen LogP contribution is -2.39. The number of phenols is 1. The first-order valence-corrected chi connectivity index (χ1v) is 9.08. The van der Waals surface area contributed by atoms with Crippen molar-refractivity contribution in [3.05, 3.63) is 52.1 Å². The number of hydrogen-bond donors (Lipinski definition) is 1. The van der Waals surface area contributed by atoms with Crippen LogP contribution in [0.5, 0.6) is 17.2 Å². The highest BCUT2D eigenvalue weighted by molar-refractivity contribution is 5.53. The molecular formula is C21H23NO3. The lowest BCUT2D eigenvalue weighted by molar-refractivity contribution is 0.157. The SMILES string of the molecule is COc1c(O)ccc2c1CN1CCc3cc4c(cc3C1C2)OC(C)C4. The first kappa shape index (κ1) is 15.1. The molecule has 25 heavy (non-hydrogen) atoms. The van der Waals surface area contributed by atoms with Crippen molar-refractivity contribution < 1.29 is 14.6 Å². The van der Waals surface area contributed by atoms with E-state index in [2.05, 4.69) is 24.0 Å². The number of hydrogen-bond acceptors (Lipinski definition) is 4. The summed E-state index contributed by atoms with van der Waals surface area (Å²) in [6.45, 7) is 4.01. The first-order valence-electron chi connectivity index (χ1n) is 9.08. The van der Waals surface area contributed by atoms with Gasteiger partial charge in [0.15, 0.2) is 11.5 Å². The van der Waals surface area contributed by atoms with Gasteiger partial charge in [0.05, 0.1) is 7.11 Å². The van der Waals surface area contributed by atoms with Gasteiger partial charge in [0, 0.05) is 31.1 Å². The number of benzene rings is 2. The number of phenolic OH excluding ortho intramolecular Hbond substituents is 1. The molecule has 0 fully saturated rings. The minimum absolute atomic E-state index is 0.234. The Bertz CT molecular complexity index is 861. The highest BCUT2D eigenvalue weighted by Crippen LogP contribution is 2.45. The van der Waals surface area contributed by atoms with E-state index in [1.165, 1.54) is 22.3 Å². The van der Waals surface area contributed by atoms with Gasteiger partial charge < -0.3 is 14.6 Å². The largest absolute Gasteiger partial charge is 0.504 e. The summed E-state index contributed by atoms with van der Waals surface area (Å²) in [5, 5.41) is 10.1. The fourth-order valence-electron chi connectivity index (χ4n) is 4.76. The molecule has 1 N–H and O–H groups in total. The molecule has 4 heteroatoms. The Kier molecular flexibility index (Phi) is 3.26. The highest BCUT2D eigenvalue weighted by atomic mass is 16.5. The number of ether oxygens (including phenoxy) is 2. The van der Waals surface area contributed by atoms with Gasteiger partial charge in [-0.3, -0.25) is 4.90 Å². The van der Waals surface area contributed by atoms with Crippen molar-refractivity contribution in [3.63, 3.8) is 0 Å². The maximum Gasteiger partial charge on any atom is 0.165 e. The zero-order valence-electron chi connectivity index (χ0n) is 14.7. The number of rotatable bonds is 1. The molecule has 130 valence electrons. The molecule has 0 amide bonds. The van der Waals surface area contributed by atoms with E-state index in [0.29, 0.717) is 11.8 Å².